The predicted molar refractivity (Wildman–Crippen MR) is 132 cm³/mol. The third kappa shape index (κ3) is 8.06. The van der Waals surface area contributed by atoms with Crippen LogP contribution in [0, 0.1) is 0 Å². The fourth-order valence-corrected chi connectivity index (χ4v) is 3.06. The monoisotopic (exact) mass is 551 g/mol. The average Bonchev–Trinajstić information content (AvgIpc) is 2.91. The second-order valence-corrected chi connectivity index (χ2v) is 7.15. The van der Waals surface area contributed by atoms with Crippen molar-refractivity contribution in [2.24, 2.45) is 12.0 Å². The zero-order valence-electron chi connectivity index (χ0n) is 16.9. The molecular formula is C20H28Cl2IN5O. The number of aromatic nitrogens is 1. The Morgan fingerprint density at radius 2 is 1.93 bits per heavy atom. The molecule has 1 aromatic heterocycles. The Balaban J connectivity index is 0.00000420. The Labute approximate surface area is 199 Å². The molecule has 2 rings (SSSR count). The highest BCUT2D eigenvalue weighted by Crippen LogP contribution is 2.24. The molecule has 1 amide bonds. The minimum Gasteiger partial charge on any atom is -0.357 e. The zero-order chi connectivity index (χ0) is 20.5. The number of carbonyl (C=O) groups is 1. The second kappa shape index (κ2) is 13.0. The molecule has 0 radical (unpaired) electrons. The number of nitrogens with one attached hydrogen (secondary N) is 3. The molecule has 0 unspecified atom stereocenters. The van der Waals surface area contributed by atoms with Crippen LogP contribution in [0.25, 0.3) is 0 Å². The fraction of sp³-hybridized carbons (Fsp3) is 0.400. The molecule has 0 aliphatic carbocycles. The molecule has 6 nitrogen and oxygen atoms in total. The van der Waals surface area contributed by atoms with Gasteiger partial charge in [-0.25, -0.2) is 4.99 Å². The number of hydrogen-bond acceptors (Lipinski definition) is 2. The summed E-state index contributed by atoms with van der Waals surface area (Å²) in [4.78, 5) is 16.4. The molecule has 0 saturated heterocycles. The smallest absolute Gasteiger partial charge is 0.224 e. The number of benzene rings is 1. The van der Waals surface area contributed by atoms with Gasteiger partial charge in [-0.1, -0.05) is 42.3 Å². The van der Waals surface area contributed by atoms with E-state index in [1.807, 2.05) is 55.8 Å². The molecule has 160 valence electrons. The Morgan fingerprint density at radius 3 is 2.55 bits per heavy atom. The van der Waals surface area contributed by atoms with E-state index >= 15 is 0 Å². The number of rotatable bonds is 8. The topological polar surface area (TPSA) is 70.4 Å². The summed E-state index contributed by atoms with van der Waals surface area (Å²) in [6.45, 7) is 5.77. The highest BCUT2D eigenvalue weighted by Gasteiger charge is 2.09. The second-order valence-electron chi connectivity index (χ2n) is 6.38. The third-order valence-electron chi connectivity index (χ3n) is 4.10. The number of nitrogens with zero attached hydrogens (tertiary/aromatic N) is 2. The van der Waals surface area contributed by atoms with Crippen molar-refractivity contribution < 1.29 is 4.79 Å². The van der Waals surface area contributed by atoms with E-state index in [0.717, 1.165) is 29.9 Å². The van der Waals surface area contributed by atoms with Gasteiger partial charge in [-0.3, -0.25) is 4.79 Å². The van der Waals surface area contributed by atoms with Gasteiger partial charge >= 0.3 is 0 Å². The number of anilines is 1. The summed E-state index contributed by atoms with van der Waals surface area (Å²) >= 11 is 12.2. The molecule has 0 fully saturated rings. The number of halogens is 3. The van der Waals surface area contributed by atoms with Gasteiger partial charge in [0.2, 0.25) is 5.91 Å². The number of guanidine groups is 1. The molecule has 29 heavy (non-hydrogen) atoms. The van der Waals surface area contributed by atoms with Gasteiger partial charge in [0.25, 0.3) is 0 Å². The van der Waals surface area contributed by atoms with E-state index in [2.05, 4.69) is 20.9 Å². The Kier molecular flexibility index (Phi) is 11.4. The highest BCUT2D eigenvalue weighted by atomic mass is 127. The Hall–Kier alpha value is -1.45. The van der Waals surface area contributed by atoms with Gasteiger partial charge < -0.3 is 20.5 Å². The molecule has 1 aromatic carbocycles. The van der Waals surface area contributed by atoms with E-state index in [-0.39, 0.29) is 29.9 Å². The standard InChI is InChI=1S/C20H27Cl2N5O.HI/c1-4-7-18(28)26-15-9-6-8-14(10-15)12-24-20(23-5-2)25-13-16-11-17(21)19(22)27(16)3;/h6,8-11H,4-5,7,12-13H2,1-3H3,(H,26,28)(H2,23,24,25);1H. The molecule has 2 aromatic rings. The van der Waals surface area contributed by atoms with Crippen molar-refractivity contribution in [2.45, 2.75) is 39.8 Å². The number of carbonyl (C=O) groups excluding carboxylic acids is 1. The molecule has 9 heteroatoms. The summed E-state index contributed by atoms with van der Waals surface area (Å²) in [5.74, 6) is 0.717. The number of amides is 1. The van der Waals surface area contributed by atoms with Crippen LogP contribution in [0.15, 0.2) is 35.3 Å². The van der Waals surface area contributed by atoms with Gasteiger partial charge in [0.05, 0.1) is 18.1 Å². The zero-order valence-corrected chi connectivity index (χ0v) is 20.7. The first kappa shape index (κ1) is 25.6. The van der Waals surface area contributed by atoms with Crippen molar-refractivity contribution in [3.63, 3.8) is 0 Å². The van der Waals surface area contributed by atoms with Crippen molar-refractivity contribution in [3.05, 3.63) is 51.8 Å². The minimum atomic E-state index is 0. The summed E-state index contributed by atoms with van der Waals surface area (Å²) in [7, 11) is 1.87. The normalized spacial score (nSPS) is 11.0. The molecule has 0 aliphatic rings. The van der Waals surface area contributed by atoms with Crippen LogP contribution in [0.3, 0.4) is 0 Å². The molecule has 0 spiro atoms. The molecule has 0 saturated carbocycles. The van der Waals surface area contributed by atoms with Gasteiger partial charge in [0.1, 0.15) is 5.15 Å². The van der Waals surface area contributed by atoms with Crippen molar-refractivity contribution in [3.8, 4) is 0 Å². The first-order valence-electron chi connectivity index (χ1n) is 9.35. The van der Waals surface area contributed by atoms with Crippen molar-refractivity contribution >= 4 is 64.7 Å². The van der Waals surface area contributed by atoms with E-state index in [1.165, 1.54) is 0 Å². The molecule has 0 atom stereocenters. The fourth-order valence-electron chi connectivity index (χ4n) is 2.64. The lowest BCUT2D eigenvalue weighted by Crippen LogP contribution is -2.37. The lowest BCUT2D eigenvalue weighted by molar-refractivity contribution is -0.116. The van der Waals surface area contributed by atoms with E-state index in [0.29, 0.717) is 35.6 Å². The summed E-state index contributed by atoms with van der Waals surface area (Å²) < 4.78 is 1.84. The Morgan fingerprint density at radius 1 is 1.17 bits per heavy atom. The summed E-state index contributed by atoms with van der Waals surface area (Å²) in [5.41, 5.74) is 2.76. The van der Waals surface area contributed by atoms with E-state index in [4.69, 9.17) is 23.2 Å². The maximum atomic E-state index is 11.8. The molecule has 1 heterocycles. The van der Waals surface area contributed by atoms with Gasteiger partial charge in [0, 0.05) is 31.4 Å². The quantitative estimate of drug-likeness (QED) is 0.247. The maximum absolute atomic E-state index is 11.8. The molecule has 3 N–H and O–H groups in total. The average molecular weight is 552 g/mol. The van der Waals surface area contributed by atoms with Crippen LogP contribution in [0.2, 0.25) is 10.2 Å². The number of hydrogen-bond donors (Lipinski definition) is 3. The van der Waals surface area contributed by atoms with Crippen LogP contribution >= 0.6 is 47.2 Å². The maximum Gasteiger partial charge on any atom is 0.224 e. The first-order chi connectivity index (χ1) is 13.4. The summed E-state index contributed by atoms with van der Waals surface area (Å²) in [5, 5.41) is 10.5. The van der Waals surface area contributed by atoms with Crippen molar-refractivity contribution in [2.75, 3.05) is 11.9 Å². The molecular weight excluding hydrogens is 524 g/mol. The van der Waals surface area contributed by atoms with Crippen LogP contribution in [-0.4, -0.2) is 23.0 Å². The molecule has 0 aliphatic heterocycles. The largest absolute Gasteiger partial charge is 0.357 e. The number of aliphatic imine (C=N–C) groups is 1. The van der Waals surface area contributed by atoms with Gasteiger partial charge in [0.15, 0.2) is 5.96 Å². The van der Waals surface area contributed by atoms with Crippen molar-refractivity contribution in [1.82, 2.24) is 15.2 Å². The van der Waals surface area contributed by atoms with E-state index < -0.39 is 0 Å². The van der Waals surface area contributed by atoms with E-state index in [9.17, 15) is 4.79 Å². The lowest BCUT2D eigenvalue weighted by Gasteiger charge is -2.12. The van der Waals surface area contributed by atoms with Crippen LogP contribution < -0.4 is 16.0 Å². The van der Waals surface area contributed by atoms with Gasteiger partial charge in [-0.2, -0.15) is 0 Å². The highest BCUT2D eigenvalue weighted by molar-refractivity contribution is 14.0. The first-order valence-corrected chi connectivity index (χ1v) is 10.1. The third-order valence-corrected chi connectivity index (χ3v) is 4.95. The predicted octanol–water partition coefficient (Wildman–Crippen LogP) is 4.94. The van der Waals surface area contributed by atoms with Crippen LogP contribution in [0.1, 0.15) is 37.9 Å². The van der Waals surface area contributed by atoms with Crippen LogP contribution in [0.4, 0.5) is 5.69 Å². The SMILES string of the molecule is CCCC(=O)Nc1cccc(CN=C(NCC)NCc2cc(Cl)c(Cl)n2C)c1.I. The minimum absolute atomic E-state index is 0. The van der Waals surface area contributed by atoms with Gasteiger partial charge in [-0.05, 0) is 37.1 Å². The summed E-state index contributed by atoms with van der Waals surface area (Å²) in [6.07, 6.45) is 1.34. The lowest BCUT2D eigenvalue weighted by atomic mass is 10.2. The molecule has 0 bridgehead atoms. The van der Waals surface area contributed by atoms with Gasteiger partial charge in [-0.15, -0.1) is 24.0 Å². The van der Waals surface area contributed by atoms with Crippen LogP contribution in [0.5, 0.6) is 0 Å². The van der Waals surface area contributed by atoms with Crippen LogP contribution in [-0.2, 0) is 24.9 Å². The Bertz CT molecular complexity index is 838. The summed E-state index contributed by atoms with van der Waals surface area (Å²) in [6, 6.07) is 9.56. The van der Waals surface area contributed by atoms with Crippen molar-refractivity contribution in [1.29, 1.82) is 0 Å². The van der Waals surface area contributed by atoms with E-state index in [1.54, 1.807) is 0 Å².